The van der Waals surface area contributed by atoms with E-state index in [0.29, 0.717) is 22.0 Å². The Kier molecular flexibility index (Phi) is 5.21. The molecule has 1 fully saturated rings. The third kappa shape index (κ3) is 3.75. The number of nitrogens with zero attached hydrogens (tertiary/aromatic N) is 1. The van der Waals surface area contributed by atoms with Crippen molar-refractivity contribution in [1.29, 1.82) is 0 Å². The first kappa shape index (κ1) is 17.3. The number of carbonyl (C=O) groups excluding carboxylic acids is 1. The summed E-state index contributed by atoms with van der Waals surface area (Å²) in [5, 5.41) is 0. The maximum absolute atomic E-state index is 12.1. The Hall–Kier alpha value is -2.57. The molecule has 7 nitrogen and oxygen atoms in total. The maximum Gasteiger partial charge on any atom is 0.359 e. The summed E-state index contributed by atoms with van der Waals surface area (Å²) in [4.78, 5) is 29.2. The molecule has 25 heavy (non-hydrogen) atoms. The van der Waals surface area contributed by atoms with Crippen molar-refractivity contribution < 1.29 is 28.8 Å². The van der Waals surface area contributed by atoms with Gasteiger partial charge in [0.2, 0.25) is 0 Å². The first-order valence-corrected chi connectivity index (χ1v) is 8.50. The van der Waals surface area contributed by atoms with Crippen LogP contribution in [0.3, 0.4) is 0 Å². The zero-order valence-corrected chi connectivity index (χ0v) is 14.4. The highest BCUT2D eigenvalue weighted by Crippen LogP contribution is 2.35. The largest absolute Gasteiger partial charge is 0.493 e. The molecule has 1 aromatic carbocycles. The van der Waals surface area contributed by atoms with Crippen LogP contribution in [-0.2, 0) is 14.4 Å². The second kappa shape index (κ2) is 7.55. The SMILES string of the molecule is CCOC(=O)C1C=C(c2ccc(OC)c(OC3CCCC3)c2)[N+](=O)O1. The van der Waals surface area contributed by atoms with Crippen LogP contribution in [0.25, 0.3) is 5.70 Å². The molecule has 1 aliphatic heterocycles. The standard InChI is InChI=1S/C18H22NO6/c1-3-23-18(20)17-11-14(19(21)25-17)12-8-9-15(22-2)16(10-12)24-13-6-4-5-7-13/h8-11,13,17H,3-7H2,1-2H3/q+1. The molecule has 0 bridgehead atoms. The number of esters is 1. The van der Waals surface area contributed by atoms with Gasteiger partial charge in [0.15, 0.2) is 11.5 Å². The summed E-state index contributed by atoms with van der Waals surface area (Å²) < 4.78 is 16.3. The van der Waals surface area contributed by atoms with Gasteiger partial charge in [-0.3, -0.25) is 0 Å². The van der Waals surface area contributed by atoms with E-state index in [9.17, 15) is 9.70 Å². The van der Waals surface area contributed by atoms with Crippen molar-refractivity contribution in [3.63, 3.8) is 0 Å². The van der Waals surface area contributed by atoms with E-state index in [2.05, 4.69) is 0 Å². The van der Waals surface area contributed by atoms with Crippen LogP contribution in [0.15, 0.2) is 24.3 Å². The van der Waals surface area contributed by atoms with Crippen molar-refractivity contribution in [2.75, 3.05) is 13.7 Å². The highest BCUT2D eigenvalue weighted by Gasteiger charge is 2.41. The summed E-state index contributed by atoms with van der Waals surface area (Å²) >= 11 is 0. The number of benzene rings is 1. The molecule has 0 aromatic heterocycles. The van der Waals surface area contributed by atoms with Gasteiger partial charge in [-0.1, -0.05) is 0 Å². The summed E-state index contributed by atoms with van der Waals surface area (Å²) in [6, 6.07) is 5.21. The van der Waals surface area contributed by atoms with E-state index >= 15 is 0 Å². The van der Waals surface area contributed by atoms with Crippen LogP contribution in [0.2, 0.25) is 0 Å². The number of carbonyl (C=O) groups is 1. The van der Waals surface area contributed by atoms with E-state index in [0.717, 1.165) is 25.7 Å². The molecular formula is C18H22NO6+. The van der Waals surface area contributed by atoms with Crippen molar-refractivity contribution in [3.8, 4) is 11.5 Å². The maximum atomic E-state index is 12.1. The summed E-state index contributed by atoms with van der Waals surface area (Å²) in [5.41, 5.74) is 0.840. The highest BCUT2D eigenvalue weighted by atomic mass is 16.8. The summed E-state index contributed by atoms with van der Waals surface area (Å²) in [6.45, 7) is 1.92. The molecule has 0 saturated heterocycles. The molecule has 0 N–H and O–H groups in total. The van der Waals surface area contributed by atoms with Gasteiger partial charge in [0.25, 0.3) is 11.0 Å². The summed E-state index contributed by atoms with van der Waals surface area (Å²) in [7, 11) is 1.57. The van der Waals surface area contributed by atoms with Crippen LogP contribution in [-0.4, -0.2) is 36.8 Å². The van der Waals surface area contributed by atoms with Gasteiger partial charge >= 0.3 is 11.7 Å². The minimum atomic E-state index is -1.03. The lowest BCUT2D eigenvalue weighted by Crippen LogP contribution is -2.22. The van der Waals surface area contributed by atoms with Gasteiger partial charge in [0.05, 0.1) is 36.4 Å². The third-order valence-electron chi connectivity index (χ3n) is 4.29. The second-order valence-electron chi connectivity index (χ2n) is 5.98. The molecule has 134 valence electrons. The normalized spacial score (nSPS) is 20.2. The van der Waals surface area contributed by atoms with Crippen LogP contribution in [0, 0.1) is 4.91 Å². The lowest BCUT2D eigenvalue weighted by molar-refractivity contribution is -0.733. The second-order valence-corrected chi connectivity index (χ2v) is 5.98. The van der Waals surface area contributed by atoms with Crippen molar-refractivity contribution >= 4 is 11.7 Å². The van der Waals surface area contributed by atoms with Gasteiger partial charge in [-0.15, -0.1) is 0 Å². The quantitative estimate of drug-likeness (QED) is 0.736. The molecule has 7 heteroatoms. The zero-order valence-electron chi connectivity index (χ0n) is 14.4. The fourth-order valence-corrected chi connectivity index (χ4v) is 3.05. The average molecular weight is 348 g/mol. The number of hydrogen-bond acceptors (Lipinski definition) is 6. The van der Waals surface area contributed by atoms with Crippen LogP contribution in [0.4, 0.5) is 0 Å². The van der Waals surface area contributed by atoms with Crippen molar-refractivity contribution in [1.82, 2.24) is 0 Å². The Balaban J connectivity index is 1.85. The predicted octanol–water partition coefficient (Wildman–Crippen LogP) is 3.01. The highest BCUT2D eigenvalue weighted by molar-refractivity contribution is 5.80. The van der Waals surface area contributed by atoms with Crippen LogP contribution in [0.1, 0.15) is 38.2 Å². The molecule has 1 unspecified atom stereocenters. The molecular weight excluding hydrogens is 326 g/mol. The molecule has 1 aromatic rings. The van der Waals surface area contributed by atoms with Gasteiger partial charge in [0.1, 0.15) is 0 Å². The first-order valence-electron chi connectivity index (χ1n) is 8.50. The van der Waals surface area contributed by atoms with Gasteiger partial charge in [-0.05, 0) is 50.8 Å². The van der Waals surface area contributed by atoms with Crippen LogP contribution < -0.4 is 9.47 Å². The van der Waals surface area contributed by atoms with Gasteiger partial charge in [-0.2, -0.15) is 0 Å². The molecule has 1 aliphatic carbocycles. The minimum absolute atomic E-state index is 0.161. The fraction of sp³-hybridized carbons (Fsp3) is 0.500. The molecule has 0 spiro atoms. The van der Waals surface area contributed by atoms with Crippen molar-refractivity contribution in [2.24, 2.45) is 0 Å². The summed E-state index contributed by atoms with van der Waals surface area (Å²) in [6.07, 6.45) is 4.91. The van der Waals surface area contributed by atoms with E-state index in [-0.39, 0.29) is 18.4 Å². The number of rotatable bonds is 6. The molecule has 1 heterocycles. The van der Waals surface area contributed by atoms with Crippen LogP contribution >= 0.6 is 0 Å². The van der Waals surface area contributed by atoms with E-state index in [1.165, 1.54) is 6.08 Å². The van der Waals surface area contributed by atoms with E-state index in [4.69, 9.17) is 19.0 Å². The average Bonchev–Trinajstić information content (AvgIpc) is 3.24. The van der Waals surface area contributed by atoms with Gasteiger partial charge in [-0.25, -0.2) is 9.63 Å². The number of ether oxygens (including phenoxy) is 3. The van der Waals surface area contributed by atoms with Crippen molar-refractivity contribution in [3.05, 3.63) is 34.7 Å². The van der Waals surface area contributed by atoms with E-state index in [1.54, 1.807) is 32.2 Å². The zero-order chi connectivity index (χ0) is 17.8. The van der Waals surface area contributed by atoms with Gasteiger partial charge < -0.3 is 14.2 Å². The first-order chi connectivity index (χ1) is 12.1. The predicted molar refractivity (Wildman–Crippen MR) is 89.0 cm³/mol. The molecule has 1 saturated carbocycles. The Bertz CT molecular complexity index is 693. The summed E-state index contributed by atoms with van der Waals surface area (Å²) in [5.74, 6) is 0.602. The lowest BCUT2D eigenvalue weighted by Gasteiger charge is -2.16. The third-order valence-corrected chi connectivity index (χ3v) is 4.29. The Morgan fingerprint density at radius 2 is 2.04 bits per heavy atom. The fourth-order valence-electron chi connectivity index (χ4n) is 3.05. The van der Waals surface area contributed by atoms with Crippen LogP contribution in [0.5, 0.6) is 11.5 Å². The molecule has 0 amide bonds. The Morgan fingerprint density at radius 1 is 1.28 bits per heavy atom. The molecule has 0 radical (unpaired) electrons. The number of hydrogen-bond donors (Lipinski definition) is 0. The van der Waals surface area contributed by atoms with E-state index < -0.39 is 12.1 Å². The van der Waals surface area contributed by atoms with Gasteiger partial charge in [0, 0.05) is 0 Å². The Labute approximate surface area is 146 Å². The smallest absolute Gasteiger partial charge is 0.359 e. The minimum Gasteiger partial charge on any atom is -0.493 e. The Morgan fingerprint density at radius 3 is 2.72 bits per heavy atom. The molecule has 2 aliphatic rings. The molecule has 3 rings (SSSR count). The molecule has 1 atom stereocenters. The topological polar surface area (TPSA) is 74.1 Å². The number of methoxy groups -OCH3 is 1. The lowest BCUT2D eigenvalue weighted by atomic mass is 10.1. The van der Waals surface area contributed by atoms with E-state index in [1.807, 2.05) is 0 Å². The monoisotopic (exact) mass is 348 g/mol. The van der Waals surface area contributed by atoms with Crippen molar-refractivity contribution in [2.45, 2.75) is 44.8 Å².